The molecular weight excluding hydrogens is 268 g/mol. The number of rotatable bonds is 2. The quantitative estimate of drug-likeness (QED) is 0.612. The molecule has 100 valence electrons. The zero-order valence-corrected chi connectivity index (χ0v) is 12.3. The third-order valence-corrected chi connectivity index (χ3v) is 3.34. The molecule has 0 atom stereocenters. The molecule has 0 spiro atoms. The fourth-order valence-corrected chi connectivity index (χ4v) is 2.21. The predicted molar refractivity (Wildman–Crippen MR) is 79.4 cm³/mol. The maximum Gasteiger partial charge on any atom is 0.111 e. The van der Waals surface area contributed by atoms with Crippen LogP contribution in [0.2, 0.25) is 0 Å². The zero-order chi connectivity index (χ0) is 14.7. The van der Waals surface area contributed by atoms with Crippen molar-refractivity contribution in [3.05, 3.63) is 46.6 Å². The van der Waals surface area contributed by atoms with Crippen molar-refractivity contribution in [2.75, 3.05) is 0 Å². The lowest BCUT2D eigenvalue weighted by molar-refractivity contribution is 1.01. The molecule has 0 saturated carbocycles. The maximum absolute atomic E-state index is 9.12. The summed E-state index contributed by atoms with van der Waals surface area (Å²) in [5, 5.41) is 17.9. The Kier molecular flexibility index (Phi) is 4.06. The van der Waals surface area contributed by atoms with Crippen LogP contribution in [0.3, 0.4) is 0 Å². The van der Waals surface area contributed by atoms with Crippen LogP contribution >= 0.6 is 0 Å². The summed E-state index contributed by atoms with van der Waals surface area (Å²) < 4.78 is 0. The molecule has 0 fully saturated rings. The first-order valence-electron chi connectivity index (χ1n) is 6.10. The summed E-state index contributed by atoms with van der Waals surface area (Å²) in [4.78, 5) is 4.18. The first-order chi connectivity index (χ1) is 9.54. The van der Waals surface area contributed by atoms with Gasteiger partial charge in [0.25, 0.3) is 0 Å². The fourth-order valence-electron chi connectivity index (χ4n) is 1.87. The molecule has 0 aliphatic carbocycles. The Morgan fingerprint density at radius 3 is 2.50 bits per heavy atom. The molecule has 0 unspecified atom stereocenters. The van der Waals surface area contributed by atoms with Gasteiger partial charge in [-0.05, 0) is 38.0 Å². The minimum Gasteiger partial charge on any atom is -0.759 e. The van der Waals surface area contributed by atoms with Gasteiger partial charge in [-0.2, -0.15) is 10.4 Å². The van der Waals surface area contributed by atoms with Gasteiger partial charge in [-0.15, -0.1) is 5.11 Å². The summed E-state index contributed by atoms with van der Waals surface area (Å²) in [6, 6.07) is 9.80. The van der Waals surface area contributed by atoms with E-state index >= 15 is 0 Å². The van der Waals surface area contributed by atoms with Crippen molar-refractivity contribution in [1.82, 2.24) is 4.98 Å². The first kappa shape index (κ1) is 14.1. The fraction of sp³-hybridized carbons (Fsp3) is 0.200. The molecule has 1 aromatic carbocycles. The van der Waals surface area contributed by atoms with Crippen LogP contribution in [-0.4, -0.2) is 4.98 Å². The molecule has 0 N–H and O–H groups in total. The van der Waals surface area contributed by atoms with Gasteiger partial charge in [0.1, 0.15) is 5.69 Å². The minimum absolute atomic E-state index is 0.317. The number of pyridine rings is 1. The highest BCUT2D eigenvalue weighted by Gasteiger charge is 2.09. The zero-order valence-electron chi connectivity index (χ0n) is 11.5. The van der Waals surface area contributed by atoms with E-state index in [4.69, 9.17) is 17.9 Å². The molecule has 2 aromatic rings. The molecule has 1 aromatic heterocycles. The van der Waals surface area contributed by atoms with Crippen LogP contribution in [0.15, 0.2) is 39.5 Å². The van der Waals surface area contributed by atoms with Gasteiger partial charge in [0.05, 0.1) is 23.0 Å². The first-order valence-corrected chi connectivity index (χ1v) is 6.51. The van der Waals surface area contributed by atoms with Crippen molar-refractivity contribution < 1.29 is 0 Å². The molecule has 5 heteroatoms. The van der Waals surface area contributed by atoms with Gasteiger partial charge in [0, 0.05) is 0 Å². The van der Waals surface area contributed by atoms with E-state index in [2.05, 4.69) is 21.3 Å². The minimum atomic E-state index is 0.317. The molecule has 1 heterocycles. The van der Waals surface area contributed by atoms with Gasteiger partial charge in [-0.1, -0.05) is 23.2 Å². The van der Waals surface area contributed by atoms with Gasteiger partial charge in [-0.3, -0.25) is 4.98 Å². The van der Waals surface area contributed by atoms with Crippen molar-refractivity contribution in [3.63, 3.8) is 0 Å². The van der Waals surface area contributed by atoms with Crippen molar-refractivity contribution in [3.8, 4) is 6.07 Å². The molecule has 0 radical (unpaired) electrons. The Hall–Kier alpha value is -2.32. The van der Waals surface area contributed by atoms with E-state index in [1.54, 1.807) is 0 Å². The lowest BCUT2D eigenvalue weighted by atomic mass is 10.1. The number of aromatic nitrogens is 1. The lowest BCUT2D eigenvalue weighted by Gasteiger charge is -2.13. The van der Waals surface area contributed by atoms with Crippen LogP contribution in [0.4, 0.5) is 11.4 Å². The molecule has 0 aliphatic rings. The smallest absolute Gasteiger partial charge is 0.111 e. The van der Waals surface area contributed by atoms with E-state index in [1.807, 2.05) is 45.0 Å². The predicted octanol–water partition coefficient (Wildman–Crippen LogP) is 4.20. The van der Waals surface area contributed by atoms with E-state index in [-0.39, 0.29) is 0 Å². The molecule has 4 nitrogen and oxygen atoms in total. The number of benzene rings is 1. The Bertz CT molecular complexity index is 729. The number of aryl methyl sites for hydroxylation is 2. The topological polar surface area (TPSA) is 61.4 Å². The van der Waals surface area contributed by atoms with Crippen LogP contribution in [0.1, 0.15) is 22.4 Å². The highest BCUT2D eigenvalue weighted by atomic mass is 32.1. The lowest BCUT2D eigenvalue weighted by Crippen LogP contribution is -1.95. The molecule has 0 amide bonds. The standard InChI is InChI=1S/C15H14N4S/c1-9-6-4-5-7-13(9)18-19-14-10(2)12(8-16)15(20)17-11(14)3/h4-7H,1-3H3,(H,17,20)/p-1. The summed E-state index contributed by atoms with van der Waals surface area (Å²) in [7, 11) is 0. The largest absolute Gasteiger partial charge is 0.759 e. The number of hydrogen-bond donors (Lipinski definition) is 0. The summed E-state index contributed by atoms with van der Waals surface area (Å²) in [6.07, 6.45) is 0. The Labute approximate surface area is 123 Å². The van der Waals surface area contributed by atoms with E-state index < -0.39 is 0 Å². The van der Waals surface area contributed by atoms with Crippen LogP contribution in [0.5, 0.6) is 0 Å². The third-order valence-electron chi connectivity index (χ3n) is 3.04. The van der Waals surface area contributed by atoms with Gasteiger partial charge in [-0.25, -0.2) is 0 Å². The summed E-state index contributed by atoms with van der Waals surface area (Å²) in [5.74, 6) is 0. The van der Waals surface area contributed by atoms with Gasteiger partial charge in [0.15, 0.2) is 0 Å². The van der Waals surface area contributed by atoms with E-state index in [1.165, 1.54) is 0 Å². The summed E-state index contributed by atoms with van der Waals surface area (Å²) in [6.45, 7) is 5.60. The summed E-state index contributed by atoms with van der Waals surface area (Å²) >= 11 is 5.08. The SMILES string of the molecule is Cc1ccccc1N=Nc1c(C)nc([S-])c(C#N)c1C. The van der Waals surface area contributed by atoms with E-state index in [9.17, 15) is 0 Å². The number of nitrogens with zero attached hydrogens (tertiary/aromatic N) is 4. The van der Waals surface area contributed by atoms with Crippen LogP contribution < -0.4 is 0 Å². The average Bonchev–Trinajstić information content (AvgIpc) is 2.40. The van der Waals surface area contributed by atoms with Crippen LogP contribution in [0.25, 0.3) is 0 Å². The van der Waals surface area contributed by atoms with Crippen LogP contribution in [-0.2, 0) is 12.6 Å². The molecule has 0 saturated heterocycles. The Morgan fingerprint density at radius 2 is 1.85 bits per heavy atom. The number of azo groups is 1. The Morgan fingerprint density at radius 1 is 1.15 bits per heavy atom. The van der Waals surface area contributed by atoms with Crippen molar-refractivity contribution in [2.24, 2.45) is 10.2 Å². The number of nitriles is 1. The Balaban J connectivity index is 2.50. The second-order valence-electron chi connectivity index (χ2n) is 4.45. The van der Waals surface area contributed by atoms with Crippen LogP contribution in [0, 0.1) is 32.1 Å². The molecular formula is C15H13N4S-. The van der Waals surface area contributed by atoms with Gasteiger partial charge >= 0.3 is 0 Å². The van der Waals surface area contributed by atoms with Crippen molar-refractivity contribution in [2.45, 2.75) is 25.8 Å². The van der Waals surface area contributed by atoms with Gasteiger partial charge < -0.3 is 12.6 Å². The van der Waals surface area contributed by atoms with E-state index in [0.29, 0.717) is 22.0 Å². The second kappa shape index (κ2) is 5.76. The van der Waals surface area contributed by atoms with Crippen molar-refractivity contribution >= 4 is 24.0 Å². The molecule has 2 rings (SSSR count). The van der Waals surface area contributed by atoms with Gasteiger partial charge in [0.2, 0.25) is 0 Å². The van der Waals surface area contributed by atoms with Crippen molar-refractivity contribution in [1.29, 1.82) is 5.26 Å². The molecule has 0 bridgehead atoms. The number of hydrogen-bond acceptors (Lipinski definition) is 5. The highest BCUT2D eigenvalue weighted by Crippen LogP contribution is 2.29. The molecule has 0 aliphatic heterocycles. The summed E-state index contributed by atoms with van der Waals surface area (Å²) in [5.41, 5.74) is 4.25. The van der Waals surface area contributed by atoms with E-state index in [0.717, 1.165) is 16.8 Å². The highest BCUT2D eigenvalue weighted by molar-refractivity contribution is 7.58. The third kappa shape index (κ3) is 2.65. The monoisotopic (exact) mass is 281 g/mol. The second-order valence-corrected chi connectivity index (χ2v) is 4.84. The normalized spacial score (nSPS) is 10.7. The maximum atomic E-state index is 9.12. The molecule has 20 heavy (non-hydrogen) atoms. The average molecular weight is 281 g/mol.